The lowest BCUT2D eigenvalue weighted by atomic mass is 10.1. The second-order valence-corrected chi connectivity index (χ2v) is 7.94. The van der Waals surface area contributed by atoms with E-state index >= 15 is 0 Å². The summed E-state index contributed by atoms with van der Waals surface area (Å²) in [6.07, 6.45) is 4.81. The van der Waals surface area contributed by atoms with Gasteiger partial charge < -0.3 is 19.0 Å². The Labute approximate surface area is 184 Å². The lowest BCUT2D eigenvalue weighted by Gasteiger charge is -2.28. The fourth-order valence-electron chi connectivity index (χ4n) is 4.20. The molecule has 31 heavy (non-hydrogen) atoms. The lowest BCUT2D eigenvalue weighted by molar-refractivity contribution is 0.0675. The molecule has 0 atom stereocenters. The minimum Gasteiger partial charge on any atom is -0.423 e. The van der Waals surface area contributed by atoms with Crippen molar-refractivity contribution in [3.63, 3.8) is 0 Å². The summed E-state index contributed by atoms with van der Waals surface area (Å²) in [6, 6.07) is 17.1. The van der Waals surface area contributed by atoms with E-state index in [1.807, 2.05) is 30.3 Å². The highest BCUT2D eigenvalue weighted by atomic mass is 16.5. The summed E-state index contributed by atoms with van der Waals surface area (Å²) in [7, 11) is 0. The van der Waals surface area contributed by atoms with Crippen molar-refractivity contribution in [2.24, 2.45) is 4.99 Å². The van der Waals surface area contributed by atoms with Gasteiger partial charge in [-0.15, -0.1) is 0 Å². The van der Waals surface area contributed by atoms with Crippen LogP contribution in [0.15, 0.2) is 57.9 Å². The lowest BCUT2D eigenvalue weighted by Crippen LogP contribution is -2.40. The number of hydrogen-bond donors (Lipinski definition) is 0. The Hall–Kier alpha value is -2.86. The zero-order chi connectivity index (χ0) is 20.2. The monoisotopic (exact) mass is 420 g/mol. The van der Waals surface area contributed by atoms with Crippen molar-refractivity contribution in [2.45, 2.75) is 33.1 Å². The van der Waals surface area contributed by atoms with Crippen LogP contribution in [0.25, 0.3) is 11.1 Å². The molecule has 2 fully saturated rings. The predicted molar refractivity (Wildman–Crippen MR) is 126 cm³/mol. The van der Waals surface area contributed by atoms with Gasteiger partial charge >= 0.3 is 0 Å². The minimum absolute atomic E-state index is 0. The molecule has 0 saturated carbocycles. The zero-order valence-corrected chi connectivity index (χ0v) is 17.3. The van der Waals surface area contributed by atoms with Gasteiger partial charge in [0.1, 0.15) is 11.4 Å². The number of anilines is 1. The van der Waals surface area contributed by atoms with Crippen molar-refractivity contribution in [3.05, 3.63) is 54.1 Å². The van der Waals surface area contributed by atoms with E-state index in [2.05, 4.69) is 38.0 Å². The Morgan fingerprint density at radius 2 is 1.52 bits per heavy atom. The largest absolute Gasteiger partial charge is 0.423 e. The van der Waals surface area contributed by atoms with Gasteiger partial charge in [-0.05, 0) is 43.0 Å². The summed E-state index contributed by atoms with van der Waals surface area (Å²) in [5.74, 6) is 1.21. The van der Waals surface area contributed by atoms with Crippen LogP contribution in [0.5, 0.6) is 0 Å². The molecular weight excluding hydrogens is 388 g/mol. The zero-order valence-electron chi connectivity index (χ0n) is 17.3. The summed E-state index contributed by atoms with van der Waals surface area (Å²) in [5, 5.41) is 0. The summed E-state index contributed by atoms with van der Waals surface area (Å²) in [4.78, 5) is 13.7. The van der Waals surface area contributed by atoms with Crippen molar-refractivity contribution >= 4 is 28.6 Å². The number of para-hydroxylation sites is 3. The van der Waals surface area contributed by atoms with Crippen molar-refractivity contribution < 1.29 is 9.15 Å². The number of fused-ring (bicyclic) bond motifs is 2. The summed E-state index contributed by atoms with van der Waals surface area (Å²) >= 11 is 0. The standard InChI is InChI=1S/2C12H14N2O.CH4/c1-4-8-14(9-5-1)12-13-10-6-2-3-7-11(10)15-12;1-2-4-11-10(3-1)9-12(13-11)14-5-7-15-8-6-14;/h2-3,6-7H,1,4-5,8-9H2;1-4H,5-9H2;1H4. The molecule has 2 aromatic carbocycles. The van der Waals surface area contributed by atoms with Crippen LogP contribution in [-0.4, -0.2) is 55.1 Å². The van der Waals surface area contributed by atoms with Gasteiger partial charge in [0.05, 0.1) is 18.9 Å². The molecule has 4 heterocycles. The Bertz CT molecular complexity index is 984. The van der Waals surface area contributed by atoms with Gasteiger partial charge in [0.15, 0.2) is 5.58 Å². The van der Waals surface area contributed by atoms with Crippen LogP contribution in [0.3, 0.4) is 0 Å². The average molecular weight is 421 g/mol. The van der Waals surface area contributed by atoms with E-state index < -0.39 is 0 Å². The highest BCUT2D eigenvalue weighted by molar-refractivity contribution is 5.92. The van der Waals surface area contributed by atoms with Gasteiger partial charge in [-0.1, -0.05) is 37.8 Å². The van der Waals surface area contributed by atoms with Gasteiger partial charge in [-0.2, -0.15) is 4.98 Å². The Morgan fingerprint density at radius 1 is 0.774 bits per heavy atom. The van der Waals surface area contributed by atoms with Crippen LogP contribution in [0, 0.1) is 0 Å². The predicted octanol–water partition coefficient (Wildman–Crippen LogP) is 5.06. The van der Waals surface area contributed by atoms with Gasteiger partial charge in [0.2, 0.25) is 0 Å². The molecule has 0 amide bonds. The molecule has 2 saturated heterocycles. The number of piperidine rings is 1. The van der Waals surface area contributed by atoms with Gasteiger partial charge in [-0.3, -0.25) is 0 Å². The molecule has 0 N–H and O–H groups in total. The third-order valence-electron chi connectivity index (χ3n) is 5.87. The number of aliphatic imine (C=N–C) groups is 1. The van der Waals surface area contributed by atoms with E-state index in [1.54, 1.807) is 0 Å². The number of oxazole rings is 1. The van der Waals surface area contributed by atoms with Gasteiger partial charge in [-0.25, -0.2) is 4.99 Å². The molecule has 0 aliphatic carbocycles. The van der Waals surface area contributed by atoms with Crippen LogP contribution < -0.4 is 4.90 Å². The van der Waals surface area contributed by atoms with Crippen molar-refractivity contribution in [3.8, 4) is 0 Å². The second-order valence-electron chi connectivity index (χ2n) is 7.94. The molecule has 3 aromatic rings. The minimum atomic E-state index is 0. The summed E-state index contributed by atoms with van der Waals surface area (Å²) in [6.45, 7) is 5.77. The smallest absolute Gasteiger partial charge is 0.298 e. The van der Waals surface area contributed by atoms with Crippen LogP contribution in [0.1, 0.15) is 32.3 Å². The van der Waals surface area contributed by atoms with E-state index in [0.717, 1.165) is 68.6 Å². The number of amidine groups is 1. The number of ether oxygens (including phenoxy) is 1. The van der Waals surface area contributed by atoms with E-state index in [0.29, 0.717) is 0 Å². The summed E-state index contributed by atoms with van der Waals surface area (Å²) in [5.41, 5.74) is 4.33. The number of nitrogens with zero attached hydrogens (tertiary/aromatic N) is 4. The number of hydrogen-bond acceptors (Lipinski definition) is 6. The fraction of sp³-hybridized carbons (Fsp3) is 0.440. The first kappa shape index (κ1) is 21.4. The Balaban J connectivity index is 0.000000144. The topological polar surface area (TPSA) is 54.1 Å². The third-order valence-corrected chi connectivity index (χ3v) is 5.87. The van der Waals surface area contributed by atoms with Gasteiger partial charge in [0.25, 0.3) is 6.01 Å². The maximum Gasteiger partial charge on any atom is 0.298 e. The molecule has 6 nitrogen and oxygen atoms in total. The molecule has 3 aliphatic rings. The van der Waals surface area contributed by atoms with Crippen LogP contribution in [0.2, 0.25) is 0 Å². The first-order chi connectivity index (χ1) is 14.9. The van der Waals surface area contributed by atoms with E-state index in [-0.39, 0.29) is 7.43 Å². The molecular formula is C25H32N4O2. The van der Waals surface area contributed by atoms with E-state index in [9.17, 15) is 0 Å². The molecule has 0 bridgehead atoms. The maximum absolute atomic E-state index is 5.72. The van der Waals surface area contributed by atoms with Crippen molar-refractivity contribution in [1.29, 1.82) is 0 Å². The normalized spacial score (nSPS) is 18.0. The van der Waals surface area contributed by atoms with Gasteiger partial charge in [0, 0.05) is 32.6 Å². The first-order valence-corrected chi connectivity index (χ1v) is 11.0. The van der Waals surface area contributed by atoms with Crippen molar-refractivity contribution in [2.75, 3.05) is 44.3 Å². The quantitative estimate of drug-likeness (QED) is 0.551. The van der Waals surface area contributed by atoms with Crippen LogP contribution >= 0.6 is 0 Å². The van der Waals surface area contributed by atoms with Crippen LogP contribution in [-0.2, 0) is 11.2 Å². The molecule has 164 valence electrons. The third kappa shape index (κ3) is 4.90. The number of morpholine rings is 1. The molecule has 0 radical (unpaired) electrons. The SMILES string of the molecule is C.c1ccc2c(c1)CC(N1CCOCC1)=N2.c1ccc2oc(N3CCCCC3)nc2c1. The first-order valence-electron chi connectivity index (χ1n) is 11.0. The highest BCUT2D eigenvalue weighted by Crippen LogP contribution is 2.27. The summed E-state index contributed by atoms with van der Waals surface area (Å²) < 4.78 is 11.1. The number of rotatable bonds is 1. The second kappa shape index (κ2) is 9.96. The highest BCUT2D eigenvalue weighted by Gasteiger charge is 2.21. The number of benzene rings is 2. The molecule has 6 rings (SSSR count). The van der Waals surface area contributed by atoms with E-state index in [1.165, 1.54) is 30.7 Å². The fourth-order valence-corrected chi connectivity index (χ4v) is 4.20. The number of aromatic nitrogens is 1. The molecule has 0 spiro atoms. The van der Waals surface area contributed by atoms with Crippen molar-refractivity contribution in [1.82, 2.24) is 9.88 Å². The molecule has 6 heteroatoms. The van der Waals surface area contributed by atoms with Crippen LogP contribution in [0.4, 0.5) is 11.7 Å². The molecule has 1 aromatic heterocycles. The maximum atomic E-state index is 5.72. The Kier molecular flexibility index (Phi) is 6.87. The Morgan fingerprint density at radius 3 is 2.29 bits per heavy atom. The molecule has 3 aliphatic heterocycles. The average Bonchev–Trinajstić information content (AvgIpc) is 3.45. The molecule has 0 unspecified atom stereocenters. The van der Waals surface area contributed by atoms with E-state index in [4.69, 9.17) is 9.15 Å².